The fourth-order valence-electron chi connectivity index (χ4n) is 5.43. The summed E-state index contributed by atoms with van der Waals surface area (Å²) in [7, 11) is 3.05. The van der Waals surface area contributed by atoms with Crippen LogP contribution in [0.4, 0.5) is 5.00 Å². The number of nitrogens with one attached hydrogen (secondary N) is 1. The lowest BCUT2D eigenvalue weighted by molar-refractivity contribution is -0.168. The molecule has 198 valence electrons. The summed E-state index contributed by atoms with van der Waals surface area (Å²) in [4.78, 5) is 53.6. The Morgan fingerprint density at radius 2 is 1.84 bits per heavy atom. The van der Waals surface area contributed by atoms with E-state index in [2.05, 4.69) is 5.32 Å². The molecule has 4 rings (SSSR count). The van der Waals surface area contributed by atoms with E-state index >= 15 is 0 Å². The van der Waals surface area contributed by atoms with Crippen molar-refractivity contribution in [2.45, 2.75) is 40.5 Å². The maximum atomic E-state index is 13.3. The number of benzene rings is 1. The Balaban J connectivity index is 1.62. The van der Waals surface area contributed by atoms with Gasteiger partial charge >= 0.3 is 5.97 Å². The van der Waals surface area contributed by atoms with Gasteiger partial charge in [-0.25, -0.2) is 4.79 Å². The van der Waals surface area contributed by atoms with E-state index in [1.807, 2.05) is 20.8 Å². The summed E-state index contributed by atoms with van der Waals surface area (Å²) in [6, 6.07) is 5.24. The van der Waals surface area contributed by atoms with Gasteiger partial charge in [-0.05, 0) is 42.9 Å². The molecule has 2 heterocycles. The van der Waals surface area contributed by atoms with Crippen LogP contribution < -0.4 is 14.8 Å². The van der Waals surface area contributed by atoms with E-state index in [4.69, 9.17) is 14.2 Å². The second kappa shape index (κ2) is 9.81. The van der Waals surface area contributed by atoms with E-state index < -0.39 is 29.3 Å². The van der Waals surface area contributed by atoms with Gasteiger partial charge in [0.15, 0.2) is 11.5 Å². The fraction of sp³-hybridized carbons (Fsp3) is 0.481. The van der Waals surface area contributed by atoms with Crippen LogP contribution >= 0.6 is 11.3 Å². The zero-order valence-electron chi connectivity index (χ0n) is 21.9. The molecule has 1 N–H and O–H groups in total. The van der Waals surface area contributed by atoms with Crippen LogP contribution in [0.3, 0.4) is 0 Å². The molecule has 1 aromatic heterocycles. The van der Waals surface area contributed by atoms with Crippen molar-refractivity contribution in [2.24, 2.45) is 16.7 Å². The molecule has 10 heteroatoms. The number of ether oxygens (including phenoxy) is 3. The van der Waals surface area contributed by atoms with Crippen molar-refractivity contribution in [3.8, 4) is 22.6 Å². The number of imide groups is 1. The molecule has 1 aliphatic heterocycles. The minimum atomic E-state index is -0.703. The third-order valence-electron chi connectivity index (χ3n) is 8.03. The van der Waals surface area contributed by atoms with Gasteiger partial charge in [0.1, 0.15) is 17.1 Å². The van der Waals surface area contributed by atoms with Crippen LogP contribution in [0, 0.1) is 16.7 Å². The van der Waals surface area contributed by atoms with Crippen LogP contribution in [0.25, 0.3) is 11.1 Å². The molecule has 9 nitrogen and oxygen atoms in total. The first-order valence-electron chi connectivity index (χ1n) is 12.2. The van der Waals surface area contributed by atoms with Gasteiger partial charge in [-0.15, -0.1) is 11.3 Å². The first kappa shape index (κ1) is 26.7. The minimum absolute atomic E-state index is 0.153. The molecule has 37 heavy (non-hydrogen) atoms. The number of amides is 3. The number of carbonyl (C=O) groups excluding carboxylic acids is 4. The number of thiophene rings is 1. The fourth-order valence-corrected chi connectivity index (χ4v) is 6.41. The second-order valence-electron chi connectivity index (χ2n) is 10.1. The van der Waals surface area contributed by atoms with E-state index in [0.717, 1.165) is 16.2 Å². The number of esters is 1. The number of hydrogen-bond acceptors (Lipinski definition) is 8. The van der Waals surface area contributed by atoms with E-state index in [1.54, 1.807) is 30.5 Å². The van der Waals surface area contributed by atoms with Crippen LogP contribution in [0.1, 0.15) is 50.9 Å². The van der Waals surface area contributed by atoms with Gasteiger partial charge in [-0.1, -0.05) is 26.8 Å². The normalized spacial score (nSPS) is 22.1. The average molecular weight is 529 g/mol. The highest BCUT2D eigenvalue weighted by atomic mass is 32.1. The first-order chi connectivity index (χ1) is 17.5. The Morgan fingerprint density at radius 1 is 1.14 bits per heavy atom. The Hall–Kier alpha value is -3.40. The van der Waals surface area contributed by atoms with Crippen LogP contribution in [0.2, 0.25) is 0 Å². The minimum Gasteiger partial charge on any atom is -0.493 e. The first-order valence-corrected chi connectivity index (χ1v) is 13.0. The van der Waals surface area contributed by atoms with Gasteiger partial charge in [0.05, 0.1) is 26.2 Å². The van der Waals surface area contributed by atoms with Crippen molar-refractivity contribution >= 4 is 40.0 Å². The van der Waals surface area contributed by atoms with Gasteiger partial charge in [0, 0.05) is 16.9 Å². The van der Waals surface area contributed by atoms with Gasteiger partial charge in [-0.2, -0.15) is 0 Å². The monoisotopic (exact) mass is 528 g/mol. The number of nitrogens with zero attached hydrogens (tertiary/aromatic N) is 1. The summed E-state index contributed by atoms with van der Waals surface area (Å²) in [6.07, 6.45) is 1.23. The predicted octanol–water partition coefficient (Wildman–Crippen LogP) is 4.36. The highest BCUT2D eigenvalue weighted by Gasteiger charge is 2.64. The Labute approximate surface area is 220 Å². The SMILES string of the molecule is CCOC(=O)c1c(-c2ccc(OC)c(OC)c2)csc1NC(=O)CN1C(=O)C2CCC(C)(C1=O)C2(C)C. The van der Waals surface area contributed by atoms with Gasteiger partial charge in [0.25, 0.3) is 0 Å². The summed E-state index contributed by atoms with van der Waals surface area (Å²) in [5.74, 6) is -1.08. The highest BCUT2D eigenvalue weighted by molar-refractivity contribution is 7.15. The molecule has 2 fully saturated rings. The van der Waals surface area contributed by atoms with E-state index in [0.29, 0.717) is 35.5 Å². The number of carbonyl (C=O) groups is 4. The van der Waals surface area contributed by atoms with Gasteiger partial charge in [0.2, 0.25) is 17.7 Å². The standard InChI is InChI=1S/C27H32N2O7S/c1-7-36-24(32)21-16(15-8-9-18(34-5)19(12-15)35-6)14-37-22(21)28-20(30)13-29-23(31)17-10-11-27(4,25(29)33)26(17,2)3/h8-9,12,14,17H,7,10-11,13H2,1-6H3,(H,28,30). The zero-order valence-corrected chi connectivity index (χ0v) is 22.7. The molecule has 2 aliphatic rings. The number of anilines is 1. The number of likely N-dealkylation sites (tertiary alicyclic amines) is 1. The van der Waals surface area contributed by atoms with Crippen LogP contribution in [-0.4, -0.2) is 56.0 Å². The summed E-state index contributed by atoms with van der Waals surface area (Å²) < 4.78 is 16.0. The van der Waals surface area contributed by atoms with Crippen LogP contribution in [-0.2, 0) is 19.1 Å². The molecule has 1 aliphatic carbocycles. The molecule has 2 atom stereocenters. The molecule has 1 saturated heterocycles. The molecule has 0 radical (unpaired) electrons. The lowest BCUT2D eigenvalue weighted by Gasteiger charge is -2.47. The lowest BCUT2D eigenvalue weighted by atomic mass is 9.62. The number of methoxy groups -OCH3 is 2. The third-order valence-corrected chi connectivity index (χ3v) is 8.92. The zero-order chi connectivity index (χ0) is 27.1. The molecule has 2 bridgehead atoms. The van der Waals surface area contributed by atoms with Crippen molar-refractivity contribution < 1.29 is 33.4 Å². The predicted molar refractivity (Wildman–Crippen MR) is 139 cm³/mol. The Kier molecular flexibility index (Phi) is 7.07. The van der Waals surface area contributed by atoms with Crippen molar-refractivity contribution in [1.29, 1.82) is 0 Å². The smallest absolute Gasteiger partial charge is 0.341 e. The van der Waals surface area contributed by atoms with Crippen LogP contribution in [0.15, 0.2) is 23.6 Å². The van der Waals surface area contributed by atoms with Gasteiger partial charge in [-0.3, -0.25) is 19.3 Å². The molecule has 3 amide bonds. The van der Waals surface area contributed by atoms with Gasteiger partial charge < -0.3 is 19.5 Å². The highest BCUT2D eigenvalue weighted by Crippen LogP contribution is 2.60. The van der Waals surface area contributed by atoms with E-state index in [1.165, 1.54) is 14.2 Å². The summed E-state index contributed by atoms with van der Waals surface area (Å²) in [6.45, 7) is 7.21. The largest absolute Gasteiger partial charge is 0.493 e. The summed E-state index contributed by atoms with van der Waals surface area (Å²) >= 11 is 1.16. The second-order valence-corrected chi connectivity index (χ2v) is 10.9. The number of rotatable bonds is 8. The maximum Gasteiger partial charge on any atom is 0.341 e. The molecule has 2 unspecified atom stereocenters. The number of fused-ring (bicyclic) bond motifs is 2. The summed E-state index contributed by atoms with van der Waals surface area (Å²) in [5.41, 5.74) is 0.248. The summed E-state index contributed by atoms with van der Waals surface area (Å²) in [5, 5.41) is 4.76. The van der Waals surface area contributed by atoms with Crippen molar-refractivity contribution in [3.63, 3.8) is 0 Å². The van der Waals surface area contributed by atoms with Crippen molar-refractivity contribution in [2.75, 3.05) is 32.7 Å². The topological polar surface area (TPSA) is 111 Å². The van der Waals surface area contributed by atoms with Crippen LogP contribution in [0.5, 0.6) is 11.5 Å². The molecule has 1 saturated carbocycles. The number of piperidine rings is 1. The average Bonchev–Trinajstić information content (AvgIpc) is 3.36. The molecule has 1 aromatic carbocycles. The molecule has 0 spiro atoms. The number of hydrogen-bond donors (Lipinski definition) is 1. The molecular formula is C27H32N2O7S. The van der Waals surface area contributed by atoms with Crippen molar-refractivity contribution in [1.82, 2.24) is 4.90 Å². The van der Waals surface area contributed by atoms with E-state index in [9.17, 15) is 19.2 Å². The Bertz CT molecular complexity index is 1270. The quantitative estimate of drug-likeness (QED) is 0.400. The Morgan fingerprint density at radius 3 is 2.49 bits per heavy atom. The maximum absolute atomic E-state index is 13.3. The molecule has 2 aromatic rings. The lowest BCUT2D eigenvalue weighted by Crippen LogP contribution is -2.60. The van der Waals surface area contributed by atoms with Crippen molar-refractivity contribution in [3.05, 3.63) is 29.1 Å². The third kappa shape index (κ3) is 4.27. The molecular weight excluding hydrogens is 496 g/mol. The van der Waals surface area contributed by atoms with E-state index in [-0.39, 0.29) is 34.9 Å².